The predicted octanol–water partition coefficient (Wildman–Crippen LogP) is -5.14. The van der Waals surface area contributed by atoms with Crippen LogP contribution in [-0.4, -0.2) is 105 Å². The zero-order valence-corrected chi connectivity index (χ0v) is 13.6. The molecule has 10 unspecified atom stereocenters. The van der Waals surface area contributed by atoms with Crippen molar-refractivity contribution in [3.8, 4) is 0 Å². The SMILES string of the molecule is CC1OC(CO)C(O)C(O)C1OC1(N)OC(CO)C(O)C(O)C1ON. The number of hydrogen-bond acceptors (Lipinski definition) is 12. The van der Waals surface area contributed by atoms with Crippen molar-refractivity contribution < 1.29 is 49.7 Å². The number of ether oxygens (including phenoxy) is 3. The van der Waals surface area contributed by atoms with E-state index in [-0.39, 0.29) is 0 Å². The third kappa shape index (κ3) is 3.80. The van der Waals surface area contributed by atoms with Crippen molar-refractivity contribution in [3.05, 3.63) is 0 Å². The summed E-state index contributed by atoms with van der Waals surface area (Å²) in [4.78, 5) is 4.57. The van der Waals surface area contributed by atoms with E-state index in [4.69, 9.17) is 30.9 Å². The molecular formula is C13H26N2O10. The minimum atomic E-state index is -2.27. The van der Waals surface area contributed by atoms with E-state index in [0.717, 1.165) is 0 Å². The minimum Gasteiger partial charge on any atom is -0.394 e. The van der Waals surface area contributed by atoms with Crippen molar-refractivity contribution in [3.63, 3.8) is 0 Å². The second-order valence-corrected chi connectivity index (χ2v) is 6.22. The fourth-order valence-electron chi connectivity index (χ4n) is 3.08. The maximum Gasteiger partial charge on any atom is 0.258 e. The summed E-state index contributed by atoms with van der Waals surface area (Å²) in [5.74, 6) is 2.85. The van der Waals surface area contributed by atoms with Gasteiger partial charge in [0.05, 0.1) is 19.3 Å². The van der Waals surface area contributed by atoms with Crippen LogP contribution in [0.15, 0.2) is 0 Å². The van der Waals surface area contributed by atoms with Gasteiger partial charge in [-0.15, -0.1) is 0 Å². The highest BCUT2D eigenvalue weighted by atomic mass is 16.8. The van der Waals surface area contributed by atoms with E-state index in [1.54, 1.807) is 0 Å². The van der Waals surface area contributed by atoms with Crippen molar-refractivity contribution >= 4 is 0 Å². The summed E-state index contributed by atoms with van der Waals surface area (Å²) in [5.41, 5.74) is 5.97. The Bertz CT molecular complexity index is 445. The lowest BCUT2D eigenvalue weighted by Crippen LogP contribution is -2.73. The zero-order chi connectivity index (χ0) is 18.9. The van der Waals surface area contributed by atoms with Gasteiger partial charge in [-0.1, -0.05) is 0 Å². The van der Waals surface area contributed by atoms with Gasteiger partial charge in [0.25, 0.3) is 5.91 Å². The van der Waals surface area contributed by atoms with Crippen molar-refractivity contribution in [2.24, 2.45) is 11.6 Å². The molecular weight excluding hydrogens is 344 g/mol. The number of aliphatic hydroxyl groups excluding tert-OH is 6. The summed E-state index contributed by atoms with van der Waals surface area (Å²) in [7, 11) is 0. The van der Waals surface area contributed by atoms with Gasteiger partial charge in [0, 0.05) is 0 Å². The molecule has 2 fully saturated rings. The van der Waals surface area contributed by atoms with Crippen LogP contribution in [0, 0.1) is 0 Å². The Morgan fingerprint density at radius 1 is 0.960 bits per heavy atom. The summed E-state index contributed by atoms with van der Waals surface area (Å²) in [6, 6.07) is 0. The van der Waals surface area contributed by atoms with E-state index >= 15 is 0 Å². The Labute approximate surface area is 143 Å². The first-order chi connectivity index (χ1) is 11.7. The van der Waals surface area contributed by atoms with Crippen LogP contribution in [0.4, 0.5) is 0 Å². The number of aliphatic hydroxyl groups is 6. The van der Waals surface area contributed by atoms with Gasteiger partial charge in [0.1, 0.15) is 42.7 Å². The molecule has 0 aromatic rings. The van der Waals surface area contributed by atoms with E-state index in [9.17, 15) is 25.5 Å². The van der Waals surface area contributed by atoms with Crippen LogP contribution < -0.4 is 11.6 Å². The van der Waals surface area contributed by atoms with Gasteiger partial charge < -0.3 is 44.8 Å². The molecule has 2 saturated heterocycles. The average molecular weight is 370 g/mol. The number of nitrogens with two attached hydrogens (primary N) is 2. The summed E-state index contributed by atoms with van der Waals surface area (Å²) in [6.45, 7) is 0.291. The molecule has 25 heavy (non-hydrogen) atoms. The first kappa shape index (κ1) is 20.8. The molecule has 12 nitrogen and oxygen atoms in total. The molecule has 0 radical (unpaired) electrons. The zero-order valence-electron chi connectivity index (χ0n) is 13.6. The van der Waals surface area contributed by atoms with Crippen molar-refractivity contribution in [2.75, 3.05) is 13.2 Å². The van der Waals surface area contributed by atoms with Crippen molar-refractivity contribution in [1.82, 2.24) is 0 Å². The molecule has 0 amide bonds. The highest BCUT2D eigenvalue weighted by Crippen LogP contribution is 2.33. The van der Waals surface area contributed by atoms with Gasteiger partial charge in [0.2, 0.25) is 0 Å². The third-order valence-corrected chi connectivity index (χ3v) is 4.52. The summed E-state index contributed by atoms with van der Waals surface area (Å²) >= 11 is 0. The van der Waals surface area contributed by atoms with Crippen LogP contribution in [0.1, 0.15) is 6.92 Å². The largest absolute Gasteiger partial charge is 0.394 e. The van der Waals surface area contributed by atoms with E-state index in [1.807, 2.05) is 0 Å². The van der Waals surface area contributed by atoms with Gasteiger partial charge in [-0.2, -0.15) is 0 Å². The Kier molecular flexibility index (Phi) is 6.70. The van der Waals surface area contributed by atoms with Crippen molar-refractivity contribution in [2.45, 2.75) is 67.8 Å². The molecule has 2 aliphatic heterocycles. The summed E-state index contributed by atoms with van der Waals surface area (Å²) in [6.07, 6.45) is -12.2. The standard InChI is InChI=1S/C13H26N2O10/c1-4-11(9(20)7(18)5(2-16)22-4)24-13(14)12(25-15)10(21)8(19)6(3-17)23-13/h4-12,16-21H,2-3,14-15H2,1H3. The van der Waals surface area contributed by atoms with E-state index in [1.165, 1.54) is 6.92 Å². The van der Waals surface area contributed by atoms with Crippen LogP contribution in [0.2, 0.25) is 0 Å². The molecule has 0 aliphatic carbocycles. The number of hydrogen-bond donors (Lipinski definition) is 8. The normalized spacial score (nSPS) is 51.5. The second kappa shape index (κ2) is 8.04. The van der Waals surface area contributed by atoms with E-state index in [2.05, 4.69) is 4.84 Å². The van der Waals surface area contributed by atoms with Crippen molar-refractivity contribution in [1.29, 1.82) is 0 Å². The van der Waals surface area contributed by atoms with E-state index < -0.39 is 74.1 Å². The summed E-state index contributed by atoms with van der Waals surface area (Å²) < 4.78 is 16.2. The van der Waals surface area contributed by atoms with Gasteiger partial charge in [-0.25, -0.2) is 5.90 Å². The molecule has 0 saturated carbocycles. The Hall–Kier alpha value is -0.480. The van der Waals surface area contributed by atoms with Crippen LogP contribution in [0.3, 0.4) is 0 Å². The van der Waals surface area contributed by atoms with E-state index in [0.29, 0.717) is 0 Å². The molecule has 12 heteroatoms. The maximum absolute atomic E-state index is 10.2. The lowest BCUT2D eigenvalue weighted by Gasteiger charge is -2.50. The highest BCUT2D eigenvalue weighted by molar-refractivity contribution is 4.98. The third-order valence-electron chi connectivity index (χ3n) is 4.52. The van der Waals surface area contributed by atoms with Crippen LogP contribution in [0.5, 0.6) is 0 Å². The maximum atomic E-state index is 10.2. The Morgan fingerprint density at radius 2 is 1.52 bits per heavy atom. The molecule has 10 N–H and O–H groups in total. The summed E-state index contributed by atoms with van der Waals surface area (Å²) in [5, 5.41) is 58.6. The molecule has 2 rings (SSSR count). The van der Waals surface area contributed by atoms with Gasteiger partial charge in [-0.05, 0) is 6.92 Å². The fraction of sp³-hybridized carbons (Fsp3) is 1.00. The van der Waals surface area contributed by atoms with Crippen LogP contribution in [0.25, 0.3) is 0 Å². The quantitative estimate of drug-likeness (QED) is 0.169. The van der Waals surface area contributed by atoms with Gasteiger partial charge in [0.15, 0.2) is 6.10 Å². The Balaban J connectivity index is 2.23. The number of rotatable bonds is 5. The van der Waals surface area contributed by atoms with Crippen LogP contribution >= 0.6 is 0 Å². The molecule has 0 aromatic heterocycles. The predicted molar refractivity (Wildman–Crippen MR) is 78.3 cm³/mol. The Morgan fingerprint density at radius 3 is 2.04 bits per heavy atom. The monoisotopic (exact) mass is 370 g/mol. The molecule has 0 aromatic carbocycles. The minimum absolute atomic E-state index is 0.522. The molecule has 2 heterocycles. The first-order valence-corrected chi connectivity index (χ1v) is 7.79. The smallest absolute Gasteiger partial charge is 0.258 e. The fourth-order valence-corrected chi connectivity index (χ4v) is 3.08. The molecule has 148 valence electrons. The molecule has 10 atom stereocenters. The lowest BCUT2D eigenvalue weighted by molar-refractivity contribution is -0.398. The first-order valence-electron chi connectivity index (χ1n) is 7.79. The lowest BCUT2D eigenvalue weighted by atomic mass is 9.94. The van der Waals surface area contributed by atoms with Crippen LogP contribution in [-0.2, 0) is 19.0 Å². The topological polar surface area (TPSA) is 210 Å². The average Bonchev–Trinajstić information content (AvgIpc) is 2.58. The second-order valence-electron chi connectivity index (χ2n) is 6.22. The molecule has 0 bridgehead atoms. The highest BCUT2D eigenvalue weighted by Gasteiger charge is 2.57. The molecule has 0 spiro atoms. The molecule has 2 aliphatic rings. The van der Waals surface area contributed by atoms with Gasteiger partial charge in [-0.3, -0.25) is 10.6 Å². The van der Waals surface area contributed by atoms with Gasteiger partial charge >= 0.3 is 0 Å².